The van der Waals surface area contributed by atoms with Crippen LogP contribution in [0, 0.1) is 0 Å². The maximum atomic E-state index is 4.81. The van der Waals surface area contributed by atoms with Crippen molar-refractivity contribution in [3.63, 3.8) is 0 Å². The van der Waals surface area contributed by atoms with E-state index in [0.29, 0.717) is 0 Å². The molecule has 1 saturated heterocycles. The molecule has 4 heterocycles. The second-order valence-corrected chi connectivity index (χ2v) is 6.04. The Morgan fingerprint density at radius 3 is 2.50 bits per heavy atom. The highest BCUT2D eigenvalue weighted by molar-refractivity contribution is 5.78. The van der Waals surface area contributed by atoms with Gasteiger partial charge in [-0.05, 0) is 31.0 Å². The number of anilines is 1. The number of pyridine rings is 1. The topological polar surface area (TPSA) is 70.6 Å². The lowest BCUT2D eigenvalue weighted by Gasteiger charge is -2.20. The molecule has 1 N–H and O–H groups in total. The first kappa shape index (κ1) is 14.8. The van der Waals surface area contributed by atoms with Gasteiger partial charge < -0.3 is 4.90 Å². The summed E-state index contributed by atoms with van der Waals surface area (Å²) in [4.78, 5) is 15.7. The third-order valence-electron chi connectivity index (χ3n) is 4.42. The first-order valence-electron chi connectivity index (χ1n) is 8.44. The monoisotopic (exact) mass is 320 g/mol. The quantitative estimate of drug-likeness (QED) is 0.801. The first-order valence-corrected chi connectivity index (χ1v) is 8.44. The highest BCUT2D eigenvalue weighted by Gasteiger charge is 2.15. The van der Waals surface area contributed by atoms with E-state index >= 15 is 0 Å². The normalized spacial score (nSPS) is 15.2. The van der Waals surface area contributed by atoms with E-state index in [1.165, 1.54) is 25.7 Å². The number of rotatable bonds is 3. The SMILES string of the molecule is c1cc(-c2[nH]ncc2-c2ccnc(N3CCCCCC3)n2)ccn1. The van der Waals surface area contributed by atoms with Gasteiger partial charge in [-0.3, -0.25) is 10.1 Å². The summed E-state index contributed by atoms with van der Waals surface area (Å²) in [6.45, 7) is 2.07. The molecule has 0 amide bonds. The van der Waals surface area contributed by atoms with E-state index in [2.05, 4.69) is 25.1 Å². The summed E-state index contributed by atoms with van der Waals surface area (Å²) in [5, 5.41) is 7.29. The number of aromatic amines is 1. The lowest BCUT2D eigenvalue weighted by atomic mass is 10.1. The van der Waals surface area contributed by atoms with E-state index in [1.807, 2.05) is 30.6 Å². The molecule has 0 aliphatic carbocycles. The second-order valence-electron chi connectivity index (χ2n) is 6.04. The summed E-state index contributed by atoms with van der Waals surface area (Å²) in [7, 11) is 0. The molecule has 1 aliphatic rings. The van der Waals surface area contributed by atoms with Gasteiger partial charge in [0, 0.05) is 42.8 Å². The zero-order chi connectivity index (χ0) is 16.2. The summed E-state index contributed by atoms with van der Waals surface area (Å²) < 4.78 is 0. The molecular formula is C18H20N6. The van der Waals surface area contributed by atoms with Crippen molar-refractivity contribution in [2.24, 2.45) is 0 Å². The Morgan fingerprint density at radius 2 is 1.71 bits per heavy atom. The molecule has 0 aromatic carbocycles. The van der Waals surface area contributed by atoms with Crippen LogP contribution in [0.15, 0.2) is 43.0 Å². The van der Waals surface area contributed by atoms with Crippen LogP contribution in [-0.4, -0.2) is 38.2 Å². The van der Waals surface area contributed by atoms with Crippen molar-refractivity contribution < 1.29 is 0 Å². The van der Waals surface area contributed by atoms with Gasteiger partial charge in [0.2, 0.25) is 5.95 Å². The first-order chi connectivity index (χ1) is 11.9. The fourth-order valence-corrected chi connectivity index (χ4v) is 3.14. The van der Waals surface area contributed by atoms with Crippen LogP contribution in [-0.2, 0) is 0 Å². The summed E-state index contributed by atoms with van der Waals surface area (Å²) in [5.41, 5.74) is 3.88. The molecule has 0 bridgehead atoms. The molecule has 0 atom stereocenters. The highest BCUT2D eigenvalue weighted by atomic mass is 15.2. The van der Waals surface area contributed by atoms with Gasteiger partial charge in [0.1, 0.15) is 0 Å². The van der Waals surface area contributed by atoms with Crippen molar-refractivity contribution in [2.45, 2.75) is 25.7 Å². The number of hydrogen-bond acceptors (Lipinski definition) is 5. The number of hydrogen-bond donors (Lipinski definition) is 1. The van der Waals surface area contributed by atoms with Gasteiger partial charge in [-0.2, -0.15) is 5.10 Å². The summed E-state index contributed by atoms with van der Waals surface area (Å²) in [6, 6.07) is 5.87. The molecule has 6 nitrogen and oxygen atoms in total. The van der Waals surface area contributed by atoms with Crippen molar-refractivity contribution in [3.05, 3.63) is 43.0 Å². The van der Waals surface area contributed by atoms with Gasteiger partial charge in [-0.25, -0.2) is 9.97 Å². The average Bonchev–Trinajstić information content (AvgIpc) is 2.98. The van der Waals surface area contributed by atoms with E-state index in [-0.39, 0.29) is 0 Å². The highest BCUT2D eigenvalue weighted by Crippen LogP contribution is 2.29. The molecule has 0 spiro atoms. The number of H-pyrrole nitrogens is 1. The van der Waals surface area contributed by atoms with E-state index in [9.17, 15) is 0 Å². The zero-order valence-corrected chi connectivity index (χ0v) is 13.5. The molecule has 122 valence electrons. The maximum Gasteiger partial charge on any atom is 0.225 e. The van der Waals surface area contributed by atoms with Crippen molar-refractivity contribution in [2.75, 3.05) is 18.0 Å². The Kier molecular flexibility index (Phi) is 4.18. The lowest BCUT2D eigenvalue weighted by molar-refractivity contribution is 0.726. The van der Waals surface area contributed by atoms with E-state index < -0.39 is 0 Å². The molecule has 0 radical (unpaired) electrons. The molecule has 6 heteroatoms. The van der Waals surface area contributed by atoms with E-state index in [0.717, 1.165) is 41.6 Å². The van der Waals surface area contributed by atoms with Gasteiger partial charge in [-0.1, -0.05) is 12.8 Å². The molecule has 0 saturated carbocycles. The zero-order valence-electron chi connectivity index (χ0n) is 13.5. The maximum absolute atomic E-state index is 4.81. The van der Waals surface area contributed by atoms with Crippen molar-refractivity contribution >= 4 is 5.95 Å². The number of nitrogens with one attached hydrogen (secondary N) is 1. The van der Waals surface area contributed by atoms with Gasteiger partial charge in [-0.15, -0.1) is 0 Å². The molecule has 1 fully saturated rings. The Labute approximate surface area is 141 Å². The van der Waals surface area contributed by atoms with Crippen LogP contribution >= 0.6 is 0 Å². The summed E-state index contributed by atoms with van der Waals surface area (Å²) in [5.74, 6) is 0.816. The predicted molar refractivity (Wildman–Crippen MR) is 93.5 cm³/mol. The van der Waals surface area contributed by atoms with Crippen molar-refractivity contribution in [3.8, 4) is 22.5 Å². The van der Waals surface area contributed by atoms with Crippen LogP contribution in [0.2, 0.25) is 0 Å². The fraction of sp³-hybridized carbons (Fsp3) is 0.333. The van der Waals surface area contributed by atoms with E-state index in [1.54, 1.807) is 12.4 Å². The number of aromatic nitrogens is 5. The number of nitrogens with zero attached hydrogens (tertiary/aromatic N) is 5. The largest absolute Gasteiger partial charge is 0.341 e. The van der Waals surface area contributed by atoms with Crippen LogP contribution < -0.4 is 4.90 Å². The molecule has 0 unspecified atom stereocenters. The van der Waals surface area contributed by atoms with Crippen LogP contribution in [0.4, 0.5) is 5.95 Å². The van der Waals surface area contributed by atoms with Gasteiger partial charge in [0.15, 0.2) is 0 Å². The van der Waals surface area contributed by atoms with Crippen molar-refractivity contribution in [1.82, 2.24) is 25.1 Å². The molecule has 1 aliphatic heterocycles. The van der Waals surface area contributed by atoms with Crippen LogP contribution in [0.5, 0.6) is 0 Å². The summed E-state index contributed by atoms with van der Waals surface area (Å²) in [6.07, 6.45) is 12.2. The molecule has 3 aromatic rings. The fourth-order valence-electron chi connectivity index (χ4n) is 3.14. The molecule has 24 heavy (non-hydrogen) atoms. The van der Waals surface area contributed by atoms with Gasteiger partial charge >= 0.3 is 0 Å². The second kappa shape index (κ2) is 6.78. The van der Waals surface area contributed by atoms with Gasteiger partial charge in [0.25, 0.3) is 0 Å². The molecule has 3 aromatic heterocycles. The minimum atomic E-state index is 0.816. The lowest BCUT2D eigenvalue weighted by Crippen LogP contribution is -2.26. The average molecular weight is 320 g/mol. The Morgan fingerprint density at radius 1 is 0.917 bits per heavy atom. The van der Waals surface area contributed by atoms with Gasteiger partial charge in [0.05, 0.1) is 17.6 Å². The molecular weight excluding hydrogens is 300 g/mol. The standard InChI is InChI=1S/C18H20N6/c1-2-4-12-24(11-3-1)18-20-10-7-16(22-18)15-13-21-23-17(15)14-5-8-19-9-6-14/h5-10,13H,1-4,11-12H2,(H,21,23). The van der Waals surface area contributed by atoms with Crippen molar-refractivity contribution in [1.29, 1.82) is 0 Å². The molecule has 4 rings (SSSR count). The van der Waals surface area contributed by atoms with E-state index in [4.69, 9.17) is 4.98 Å². The third-order valence-corrected chi connectivity index (χ3v) is 4.42. The predicted octanol–water partition coefficient (Wildman–Crippen LogP) is 3.31. The Bertz CT molecular complexity index is 790. The minimum Gasteiger partial charge on any atom is -0.341 e. The van der Waals surface area contributed by atoms with Crippen LogP contribution in [0.3, 0.4) is 0 Å². The van der Waals surface area contributed by atoms with Crippen LogP contribution in [0.1, 0.15) is 25.7 Å². The smallest absolute Gasteiger partial charge is 0.225 e. The minimum absolute atomic E-state index is 0.816. The third kappa shape index (κ3) is 2.99. The summed E-state index contributed by atoms with van der Waals surface area (Å²) >= 11 is 0. The Hall–Kier alpha value is -2.76. The van der Waals surface area contributed by atoms with Crippen LogP contribution in [0.25, 0.3) is 22.5 Å². The Balaban J connectivity index is 1.68.